The van der Waals surface area contributed by atoms with Crippen LogP contribution in [0.4, 0.5) is 0 Å². The van der Waals surface area contributed by atoms with Gasteiger partial charge in [0.05, 0.1) is 5.71 Å². The third-order valence-corrected chi connectivity index (χ3v) is 3.03. The van der Waals surface area contributed by atoms with Crippen molar-refractivity contribution in [1.29, 1.82) is 0 Å². The summed E-state index contributed by atoms with van der Waals surface area (Å²) in [7, 11) is 1.53. The Kier molecular flexibility index (Phi) is 5.02. The molecule has 0 atom stereocenters. The zero-order valence-corrected chi connectivity index (χ0v) is 12.2. The molecule has 0 unspecified atom stereocenters. The Morgan fingerprint density at radius 3 is 2.55 bits per heavy atom. The third kappa shape index (κ3) is 4.00. The summed E-state index contributed by atoms with van der Waals surface area (Å²) in [6.45, 7) is 2.39. The molecule has 20 heavy (non-hydrogen) atoms. The molecular weight excluding hydrogens is 274 g/mol. The van der Waals surface area contributed by atoms with Crippen LogP contribution < -0.4 is 4.74 Å². The molecule has 2 rings (SSSR count). The van der Waals surface area contributed by atoms with Crippen LogP contribution in [-0.2, 0) is 11.4 Å². The van der Waals surface area contributed by atoms with Crippen LogP contribution in [0.25, 0.3) is 0 Å². The molecule has 0 fully saturated rings. The van der Waals surface area contributed by atoms with Gasteiger partial charge in [-0.3, -0.25) is 0 Å². The van der Waals surface area contributed by atoms with E-state index in [-0.39, 0.29) is 0 Å². The Morgan fingerprint density at radius 1 is 1.15 bits per heavy atom. The lowest BCUT2D eigenvalue weighted by atomic mass is 10.1. The Hall–Kier alpha value is -2.00. The van der Waals surface area contributed by atoms with E-state index in [1.165, 1.54) is 7.11 Å². The standard InChI is InChI=1S/C16H16ClNO2/c1-12(18-19-2)14-6-8-16(9-7-14)20-11-13-4-3-5-15(17)10-13/h3-10H,11H2,1-2H3/b18-12+. The predicted molar refractivity (Wildman–Crippen MR) is 81.4 cm³/mol. The number of ether oxygens (including phenoxy) is 1. The van der Waals surface area contributed by atoms with Crippen molar-refractivity contribution in [2.24, 2.45) is 5.16 Å². The Bertz CT molecular complexity index is 594. The quantitative estimate of drug-likeness (QED) is 0.607. The average Bonchev–Trinajstić information content (AvgIpc) is 2.46. The molecule has 2 aromatic carbocycles. The van der Waals surface area contributed by atoms with Gasteiger partial charge >= 0.3 is 0 Å². The zero-order valence-electron chi connectivity index (χ0n) is 11.5. The minimum atomic E-state index is 0.491. The van der Waals surface area contributed by atoms with E-state index in [1.807, 2.05) is 55.5 Å². The van der Waals surface area contributed by atoms with Crippen LogP contribution in [0.3, 0.4) is 0 Å². The van der Waals surface area contributed by atoms with E-state index < -0.39 is 0 Å². The summed E-state index contributed by atoms with van der Waals surface area (Å²) in [5, 5.41) is 4.60. The van der Waals surface area contributed by atoms with Gasteiger partial charge in [0, 0.05) is 5.02 Å². The maximum Gasteiger partial charge on any atom is 0.119 e. The lowest BCUT2D eigenvalue weighted by molar-refractivity contribution is 0.213. The van der Waals surface area contributed by atoms with Crippen molar-refractivity contribution >= 4 is 17.3 Å². The first-order chi connectivity index (χ1) is 9.69. The predicted octanol–water partition coefficient (Wildman–Crippen LogP) is 4.29. The fraction of sp³-hybridized carbons (Fsp3) is 0.188. The van der Waals surface area contributed by atoms with Gasteiger partial charge in [-0.2, -0.15) is 0 Å². The van der Waals surface area contributed by atoms with Crippen LogP contribution in [-0.4, -0.2) is 12.8 Å². The van der Waals surface area contributed by atoms with E-state index in [1.54, 1.807) is 0 Å². The van der Waals surface area contributed by atoms with Crippen LogP contribution >= 0.6 is 11.6 Å². The molecule has 4 heteroatoms. The fourth-order valence-electron chi connectivity index (χ4n) is 1.78. The number of oxime groups is 1. The topological polar surface area (TPSA) is 30.8 Å². The molecule has 3 nitrogen and oxygen atoms in total. The molecule has 0 aliphatic heterocycles. The molecule has 104 valence electrons. The largest absolute Gasteiger partial charge is 0.489 e. The molecule has 0 saturated heterocycles. The molecule has 0 saturated carbocycles. The molecule has 0 radical (unpaired) electrons. The number of nitrogens with zero attached hydrogens (tertiary/aromatic N) is 1. The van der Waals surface area contributed by atoms with Gasteiger partial charge in [-0.05, 0) is 54.4 Å². The minimum Gasteiger partial charge on any atom is -0.489 e. The van der Waals surface area contributed by atoms with Gasteiger partial charge in [0.15, 0.2) is 0 Å². The first kappa shape index (κ1) is 14.4. The molecule has 0 N–H and O–H groups in total. The van der Waals surface area contributed by atoms with Crippen molar-refractivity contribution in [2.45, 2.75) is 13.5 Å². The van der Waals surface area contributed by atoms with Gasteiger partial charge in [-0.25, -0.2) is 0 Å². The first-order valence-electron chi connectivity index (χ1n) is 6.24. The molecule has 0 aliphatic carbocycles. The summed E-state index contributed by atoms with van der Waals surface area (Å²) < 4.78 is 5.71. The summed E-state index contributed by atoms with van der Waals surface area (Å²) in [5.74, 6) is 0.805. The van der Waals surface area contributed by atoms with Crippen molar-refractivity contribution in [2.75, 3.05) is 7.11 Å². The Balaban J connectivity index is 1.99. The molecule has 2 aromatic rings. The third-order valence-electron chi connectivity index (χ3n) is 2.79. The number of halogens is 1. The number of hydrogen-bond donors (Lipinski definition) is 0. The smallest absolute Gasteiger partial charge is 0.119 e. The Labute approximate surface area is 123 Å². The van der Waals surface area contributed by atoms with Crippen molar-refractivity contribution in [1.82, 2.24) is 0 Å². The van der Waals surface area contributed by atoms with Crippen LogP contribution in [0.1, 0.15) is 18.1 Å². The SMILES string of the molecule is CO/N=C(\C)c1ccc(OCc2cccc(Cl)c2)cc1. The highest BCUT2D eigenvalue weighted by atomic mass is 35.5. The molecule has 0 amide bonds. The second-order valence-electron chi connectivity index (χ2n) is 4.30. The monoisotopic (exact) mass is 289 g/mol. The van der Waals surface area contributed by atoms with E-state index in [2.05, 4.69) is 5.16 Å². The van der Waals surface area contributed by atoms with Crippen LogP contribution in [0.15, 0.2) is 53.7 Å². The zero-order chi connectivity index (χ0) is 14.4. The summed E-state index contributed by atoms with van der Waals surface area (Å²) in [4.78, 5) is 4.75. The van der Waals surface area contributed by atoms with E-state index in [0.717, 1.165) is 22.6 Å². The lowest BCUT2D eigenvalue weighted by Gasteiger charge is -2.07. The number of benzene rings is 2. The van der Waals surface area contributed by atoms with E-state index in [4.69, 9.17) is 21.2 Å². The van der Waals surface area contributed by atoms with Crippen LogP contribution in [0.2, 0.25) is 5.02 Å². The summed E-state index contributed by atoms with van der Waals surface area (Å²) in [6, 6.07) is 15.4. The second-order valence-corrected chi connectivity index (χ2v) is 4.74. The minimum absolute atomic E-state index is 0.491. The van der Waals surface area contributed by atoms with Crippen molar-refractivity contribution in [3.63, 3.8) is 0 Å². The number of hydrogen-bond acceptors (Lipinski definition) is 3. The normalized spacial score (nSPS) is 11.2. The highest BCUT2D eigenvalue weighted by molar-refractivity contribution is 6.30. The molecule has 0 aromatic heterocycles. The fourth-order valence-corrected chi connectivity index (χ4v) is 1.99. The van der Waals surface area contributed by atoms with E-state index >= 15 is 0 Å². The van der Waals surface area contributed by atoms with Crippen LogP contribution in [0, 0.1) is 0 Å². The Morgan fingerprint density at radius 2 is 1.90 bits per heavy atom. The molecular formula is C16H16ClNO2. The summed E-state index contributed by atoms with van der Waals surface area (Å²) >= 11 is 5.93. The van der Waals surface area contributed by atoms with E-state index in [9.17, 15) is 0 Å². The van der Waals surface area contributed by atoms with Gasteiger partial charge < -0.3 is 9.57 Å². The van der Waals surface area contributed by atoms with Gasteiger partial charge in [-0.1, -0.05) is 28.9 Å². The highest BCUT2D eigenvalue weighted by Gasteiger charge is 2.00. The van der Waals surface area contributed by atoms with Gasteiger partial charge in [-0.15, -0.1) is 0 Å². The highest BCUT2D eigenvalue weighted by Crippen LogP contribution is 2.16. The van der Waals surface area contributed by atoms with Crippen LogP contribution in [0.5, 0.6) is 5.75 Å². The second kappa shape index (κ2) is 6.96. The van der Waals surface area contributed by atoms with Crippen molar-refractivity contribution in [3.8, 4) is 5.75 Å². The molecule has 0 bridgehead atoms. The first-order valence-corrected chi connectivity index (χ1v) is 6.62. The van der Waals surface area contributed by atoms with E-state index in [0.29, 0.717) is 11.6 Å². The van der Waals surface area contributed by atoms with Gasteiger partial charge in [0.1, 0.15) is 19.5 Å². The van der Waals surface area contributed by atoms with Gasteiger partial charge in [0.25, 0.3) is 0 Å². The summed E-state index contributed by atoms with van der Waals surface area (Å²) in [6.07, 6.45) is 0. The molecule has 0 heterocycles. The molecule has 0 aliphatic rings. The van der Waals surface area contributed by atoms with Crippen molar-refractivity contribution in [3.05, 3.63) is 64.7 Å². The van der Waals surface area contributed by atoms with Crippen molar-refractivity contribution < 1.29 is 9.57 Å². The maximum atomic E-state index is 5.93. The lowest BCUT2D eigenvalue weighted by Crippen LogP contribution is -1.97. The summed E-state index contributed by atoms with van der Waals surface area (Å²) in [5.41, 5.74) is 2.87. The maximum absolute atomic E-state index is 5.93. The number of rotatable bonds is 5. The average molecular weight is 290 g/mol. The van der Waals surface area contributed by atoms with Gasteiger partial charge in [0.2, 0.25) is 0 Å². The molecule has 0 spiro atoms.